The molecule has 2 N–H and O–H groups in total. The number of rotatable bonds is 6. The van der Waals surface area contributed by atoms with Crippen LogP contribution in [0.15, 0.2) is 0 Å². The van der Waals surface area contributed by atoms with Crippen LogP contribution < -0.4 is 5.73 Å². The summed E-state index contributed by atoms with van der Waals surface area (Å²) in [4.78, 5) is 14.5. The highest BCUT2D eigenvalue weighted by Gasteiger charge is 2.36. The quantitative estimate of drug-likeness (QED) is 0.751. The van der Waals surface area contributed by atoms with Gasteiger partial charge in [0.2, 0.25) is 5.91 Å². The fourth-order valence-corrected chi connectivity index (χ4v) is 2.07. The lowest BCUT2D eigenvalue weighted by molar-refractivity contribution is -0.137. The molecule has 94 valence electrons. The maximum absolute atomic E-state index is 12.4. The average molecular weight is 226 g/mol. The van der Waals surface area contributed by atoms with Crippen molar-refractivity contribution in [2.45, 2.75) is 46.6 Å². The van der Waals surface area contributed by atoms with Crippen LogP contribution in [0, 0.1) is 17.8 Å². The van der Waals surface area contributed by atoms with Gasteiger partial charge in [-0.3, -0.25) is 4.79 Å². The van der Waals surface area contributed by atoms with Gasteiger partial charge >= 0.3 is 0 Å². The summed E-state index contributed by atoms with van der Waals surface area (Å²) in [6, 6.07) is 0.502. The zero-order valence-corrected chi connectivity index (χ0v) is 11.1. The van der Waals surface area contributed by atoms with E-state index in [-0.39, 0.29) is 11.8 Å². The van der Waals surface area contributed by atoms with Crippen LogP contribution in [0.5, 0.6) is 0 Å². The Bertz CT molecular complexity index is 234. The third-order valence-electron chi connectivity index (χ3n) is 3.21. The summed E-state index contributed by atoms with van der Waals surface area (Å²) < 4.78 is 0. The molecule has 16 heavy (non-hydrogen) atoms. The summed E-state index contributed by atoms with van der Waals surface area (Å²) in [5.74, 6) is 1.15. The molecule has 0 aliphatic heterocycles. The Hall–Kier alpha value is -0.570. The summed E-state index contributed by atoms with van der Waals surface area (Å²) in [5, 5.41) is 0. The first kappa shape index (κ1) is 13.5. The van der Waals surface area contributed by atoms with E-state index < -0.39 is 0 Å². The summed E-state index contributed by atoms with van der Waals surface area (Å²) in [7, 11) is 0. The highest BCUT2D eigenvalue weighted by molar-refractivity contribution is 5.80. The van der Waals surface area contributed by atoms with Crippen LogP contribution in [0.3, 0.4) is 0 Å². The van der Waals surface area contributed by atoms with Crippen molar-refractivity contribution in [2.75, 3.05) is 13.1 Å². The Kier molecular flexibility index (Phi) is 4.78. The Morgan fingerprint density at radius 1 is 1.31 bits per heavy atom. The van der Waals surface area contributed by atoms with E-state index in [9.17, 15) is 4.79 Å². The molecule has 1 rings (SSSR count). The second kappa shape index (κ2) is 5.67. The fourth-order valence-electron chi connectivity index (χ4n) is 2.07. The van der Waals surface area contributed by atoms with E-state index in [1.807, 2.05) is 0 Å². The summed E-state index contributed by atoms with van der Waals surface area (Å²) in [5.41, 5.74) is 5.72. The number of amides is 1. The van der Waals surface area contributed by atoms with Gasteiger partial charge in [-0.25, -0.2) is 0 Å². The SMILES string of the molecule is CC(C)CN(C(=O)C(CN)C(C)C)C1CC1. The second-order valence-electron chi connectivity index (χ2n) is 5.70. The maximum atomic E-state index is 12.4. The monoisotopic (exact) mass is 226 g/mol. The molecule has 0 saturated heterocycles. The molecule has 1 amide bonds. The maximum Gasteiger partial charge on any atom is 0.227 e. The third-order valence-corrected chi connectivity index (χ3v) is 3.21. The fraction of sp³-hybridized carbons (Fsp3) is 0.923. The number of carbonyl (C=O) groups excluding carboxylic acids is 1. The second-order valence-corrected chi connectivity index (χ2v) is 5.70. The molecule has 0 aromatic carbocycles. The van der Waals surface area contributed by atoms with Gasteiger partial charge in [0.05, 0.1) is 5.92 Å². The van der Waals surface area contributed by atoms with Gasteiger partial charge in [0.25, 0.3) is 0 Å². The highest BCUT2D eigenvalue weighted by atomic mass is 16.2. The molecule has 0 spiro atoms. The van der Waals surface area contributed by atoms with Crippen LogP contribution in [-0.4, -0.2) is 29.9 Å². The first-order valence-electron chi connectivity index (χ1n) is 6.47. The van der Waals surface area contributed by atoms with Gasteiger partial charge < -0.3 is 10.6 Å². The molecule has 0 aromatic rings. The zero-order valence-electron chi connectivity index (χ0n) is 11.1. The van der Waals surface area contributed by atoms with Crippen molar-refractivity contribution < 1.29 is 4.79 Å². The third kappa shape index (κ3) is 3.48. The van der Waals surface area contributed by atoms with Gasteiger partial charge in [0.1, 0.15) is 0 Å². The number of carbonyl (C=O) groups is 1. The Labute approximate surface area is 99.4 Å². The largest absolute Gasteiger partial charge is 0.339 e. The Balaban J connectivity index is 2.65. The number of nitrogens with two attached hydrogens (primary N) is 1. The number of nitrogens with zero attached hydrogens (tertiary/aromatic N) is 1. The molecular formula is C13H26N2O. The molecule has 0 aromatic heterocycles. The lowest BCUT2D eigenvalue weighted by Crippen LogP contribution is -2.44. The molecule has 1 aliphatic rings. The Morgan fingerprint density at radius 2 is 1.88 bits per heavy atom. The van der Waals surface area contributed by atoms with Crippen molar-refractivity contribution in [1.29, 1.82) is 0 Å². The topological polar surface area (TPSA) is 46.3 Å². The number of hydrogen-bond acceptors (Lipinski definition) is 2. The molecule has 1 atom stereocenters. The molecule has 0 radical (unpaired) electrons. The van der Waals surface area contributed by atoms with Crippen LogP contribution in [0.4, 0.5) is 0 Å². The van der Waals surface area contributed by atoms with Gasteiger partial charge in [-0.05, 0) is 24.7 Å². The minimum atomic E-state index is -0.000602. The standard InChI is InChI=1S/C13H26N2O/c1-9(2)8-15(11-5-6-11)13(16)12(7-14)10(3)4/h9-12H,5-8,14H2,1-4H3. The van der Waals surface area contributed by atoms with Crippen LogP contribution in [-0.2, 0) is 4.79 Å². The minimum Gasteiger partial charge on any atom is -0.339 e. The van der Waals surface area contributed by atoms with E-state index in [4.69, 9.17) is 5.73 Å². The van der Waals surface area contributed by atoms with Gasteiger partial charge in [-0.1, -0.05) is 27.7 Å². The van der Waals surface area contributed by atoms with E-state index in [1.165, 1.54) is 12.8 Å². The van der Waals surface area contributed by atoms with Crippen LogP contribution in [0.25, 0.3) is 0 Å². The first-order valence-corrected chi connectivity index (χ1v) is 6.47. The predicted octanol–water partition coefficient (Wildman–Crippen LogP) is 1.86. The smallest absolute Gasteiger partial charge is 0.227 e. The highest BCUT2D eigenvalue weighted by Crippen LogP contribution is 2.29. The number of hydrogen-bond donors (Lipinski definition) is 1. The van der Waals surface area contributed by atoms with Crippen molar-refractivity contribution in [1.82, 2.24) is 4.90 Å². The molecular weight excluding hydrogens is 200 g/mol. The van der Waals surface area contributed by atoms with Gasteiger partial charge in [-0.15, -0.1) is 0 Å². The minimum absolute atomic E-state index is 0.000602. The first-order chi connectivity index (χ1) is 7.47. The van der Waals surface area contributed by atoms with Gasteiger partial charge in [0.15, 0.2) is 0 Å². The molecule has 0 bridgehead atoms. The average Bonchev–Trinajstić information content (AvgIpc) is 2.97. The van der Waals surface area contributed by atoms with E-state index in [1.54, 1.807) is 0 Å². The molecule has 3 nitrogen and oxygen atoms in total. The van der Waals surface area contributed by atoms with E-state index >= 15 is 0 Å². The normalized spacial score (nSPS) is 17.9. The molecule has 1 unspecified atom stereocenters. The molecule has 1 saturated carbocycles. The van der Waals surface area contributed by atoms with Crippen molar-refractivity contribution >= 4 is 5.91 Å². The predicted molar refractivity (Wildman–Crippen MR) is 67.0 cm³/mol. The molecule has 3 heteroatoms. The van der Waals surface area contributed by atoms with Crippen LogP contribution >= 0.6 is 0 Å². The molecule has 1 fully saturated rings. The summed E-state index contributed by atoms with van der Waals surface area (Å²) in [6.07, 6.45) is 2.35. The lowest BCUT2D eigenvalue weighted by Gasteiger charge is -2.30. The van der Waals surface area contributed by atoms with Crippen molar-refractivity contribution in [3.63, 3.8) is 0 Å². The van der Waals surface area contributed by atoms with Crippen LogP contribution in [0.2, 0.25) is 0 Å². The summed E-state index contributed by atoms with van der Waals surface area (Å²) in [6.45, 7) is 9.83. The Morgan fingerprint density at radius 3 is 2.19 bits per heavy atom. The van der Waals surface area contributed by atoms with Gasteiger partial charge in [0, 0.05) is 19.1 Å². The van der Waals surface area contributed by atoms with E-state index in [0.29, 0.717) is 24.4 Å². The van der Waals surface area contributed by atoms with Crippen molar-refractivity contribution in [3.8, 4) is 0 Å². The van der Waals surface area contributed by atoms with Crippen molar-refractivity contribution in [2.24, 2.45) is 23.5 Å². The summed E-state index contributed by atoms with van der Waals surface area (Å²) >= 11 is 0. The van der Waals surface area contributed by atoms with Gasteiger partial charge in [-0.2, -0.15) is 0 Å². The molecule has 0 heterocycles. The van der Waals surface area contributed by atoms with E-state index in [2.05, 4.69) is 32.6 Å². The van der Waals surface area contributed by atoms with Crippen molar-refractivity contribution in [3.05, 3.63) is 0 Å². The molecule has 1 aliphatic carbocycles. The zero-order chi connectivity index (χ0) is 12.3. The van der Waals surface area contributed by atoms with Crippen LogP contribution in [0.1, 0.15) is 40.5 Å². The van der Waals surface area contributed by atoms with E-state index in [0.717, 1.165) is 6.54 Å². The lowest BCUT2D eigenvalue weighted by atomic mass is 9.94.